The van der Waals surface area contributed by atoms with Crippen LogP contribution >= 0.6 is 11.3 Å². The van der Waals surface area contributed by atoms with E-state index in [0.29, 0.717) is 4.88 Å². The molecular formula is C14H17NO3S2. The first-order chi connectivity index (χ1) is 9.41. The number of benzene rings is 1. The molecule has 20 heavy (non-hydrogen) atoms. The number of nitrogens with one attached hydrogen (secondary N) is 1. The summed E-state index contributed by atoms with van der Waals surface area (Å²) in [4.78, 5) is 12.7. The fourth-order valence-corrected chi connectivity index (χ4v) is 3.98. The van der Waals surface area contributed by atoms with Crippen LogP contribution in [0.1, 0.15) is 23.5 Å². The topological polar surface area (TPSA) is 63.2 Å². The molecule has 1 heterocycles. The molecule has 2 aromatic rings. The number of rotatable bonds is 5. The minimum atomic E-state index is -3.08. The van der Waals surface area contributed by atoms with Crippen molar-refractivity contribution in [2.24, 2.45) is 0 Å². The molecule has 0 saturated carbocycles. The van der Waals surface area contributed by atoms with E-state index in [2.05, 4.69) is 5.32 Å². The minimum Gasteiger partial charge on any atom is -0.348 e. The van der Waals surface area contributed by atoms with Crippen LogP contribution in [0.3, 0.4) is 0 Å². The first-order valence-electron chi connectivity index (χ1n) is 6.41. The predicted molar refractivity (Wildman–Crippen MR) is 83.1 cm³/mol. The predicted octanol–water partition coefficient (Wildman–Crippen LogP) is 2.45. The lowest BCUT2D eigenvalue weighted by molar-refractivity contribution is 0.0948. The molecule has 0 aliphatic heterocycles. The van der Waals surface area contributed by atoms with Gasteiger partial charge in [-0.05, 0) is 24.4 Å². The highest BCUT2D eigenvalue weighted by atomic mass is 32.2. The van der Waals surface area contributed by atoms with Gasteiger partial charge in [-0.1, -0.05) is 25.1 Å². The summed E-state index contributed by atoms with van der Waals surface area (Å²) < 4.78 is 24.1. The van der Waals surface area contributed by atoms with Gasteiger partial charge in [0.15, 0.2) is 9.84 Å². The molecule has 0 spiro atoms. The molecule has 1 aromatic carbocycles. The van der Waals surface area contributed by atoms with Gasteiger partial charge in [-0.2, -0.15) is 0 Å². The number of carbonyl (C=O) groups is 1. The highest BCUT2D eigenvalue weighted by Gasteiger charge is 2.17. The Morgan fingerprint density at radius 2 is 2.05 bits per heavy atom. The quantitative estimate of drug-likeness (QED) is 0.922. The van der Waals surface area contributed by atoms with Gasteiger partial charge in [-0.15, -0.1) is 11.3 Å². The van der Waals surface area contributed by atoms with Gasteiger partial charge >= 0.3 is 0 Å². The van der Waals surface area contributed by atoms with Crippen LogP contribution in [0.2, 0.25) is 0 Å². The van der Waals surface area contributed by atoms with Crippen molar-refractivity contribution in [3.05, 3.63) is 35.2 Å². The maximum atomic E-state index is 12.1. The maximum Gasteiger partial charge on any atom is 0.261 e. The summed E-state index contributed by atoms with van der Waals surface area (Å²) in [6, 6.07) is 9.20. The van der Waals surface area contributed by atoms with Crippen LogP contribution in [0.5, 0.6) is 0 Å². The van der Waals surface area contributed by atoms with Crippen LogP contribution in [0.4, 0.5) is 0 Å². The monoisotopic (exact) mass is 311 g/mol. The Kier molecular flexibility index (Phi) is 4.45. The molecule has 108 valence electrons. The second-order valence-electron chi connectivity index (χ2n) is 4.72. The van der Waals surface area contributed by atoms with Gasteiger partial charge in [0, 0.05) is 16.5 Å². The molecule has 1 unspecified atom stereocenters. The van der Waals surface area contributed by atoms with Crippen LogP contribution < -0.4 is 5.32 Å². The third-order valence-electron chi connectivity index (χ3n) is 2.97. The normalized spacial score (nSPS) is 13.3. The number of carbonyl (C=O) groups excluding carboxylic acids is 1. The van der Waals surface area contributed by atoms with Crippen molar-refractivity contribution in [1.29, 1.82) is 0 Å². The summed E-state index contributed by atoms with van der Waals surface area (Å²) in [5, 5.41) is 3.76. The smallest absolute Gasteiger partial charge is 0.261 e. The summed E-state index contributed by atoms with van der Waals surface area (Å²) in [5.74, 6) is -0.152. The summed E-state index contributed by atoms with van der Waals surface area (Å²) in [5.41, 5.74) is 0. The minimum absolute atomic E-state index is 0.0276. The van der Waals surface area contributed by atoms with Crippen molar-refractivity contribution in [1.82, 2.24) is 5.32 Å². The van der Waals surface area contributed by atoms with E-state index in [1.54, 1.807) is 13.8 Å². The number of hydrogen-bond acceptors (Lipinski definition) is 4. The van der Waals surface area contributed by atoms with Crippen LogP contribution in [0, 0.1) is 0 Å². The van der Waals surface area contributed by atoms with Crippen molar-refractivity contribution in [3.8, 4) is 0 Å². The molecule has 0 saturated heterocycles. The average molecular weight is 311 g/mol. The molecule has 1 atom stereocenters. The second kappa shape index (κ2) is 5.93. The second-order valence-corrected chi connectivity index (χ2v) is 8.20. The molecule has 0 radical (unpaired) electrons. The van der Waals surface area contributed by atoms with Crippen molar-refractivity contribution in [2.75, 3.05) is 11.5 Å². The number of amides is 1. The van der Waals surface area contributed by atoms with Crippen LogP contribution in [-0.2, 0) is 9.84 Å². The Bertz CT molecular complexity index is 686. The van der Waals surface area contributed by atoms with Crippen LogP contribution in [0.25, 0.3) is 10.1 Å². The molecule has 0 fully saturated rings. The van der Waals surface area contributed by atoms with Crippen molar-refractivity contribution in [3.63, 3.8) is 0 Å². The maximum absolute atomic E-state index is 12.1. The summed E-state index contributed by atoms with van der Waals surface area (Å²) in [7, 11) is -3.08. The average Bonchev–Trinajstić information content (AvgIpc) is 2.81. The molecule has 0 aliphatic carbocycles. The van der Waals surface area contributed by atoms with Gasteiger partial charge in [0.05, 0.1) is 10.6 Å². The molecule has 1 amide bonds. The SMILES string of the molecule is CCS(=O)(=O)CC(C)NC(=O)c1cc2ccccc2s1. The zero-order valence-corrected chi connectivity index (χ0v) is 13.1. The lowest BCUT2D eigenvalue weighted by Crippen LogP contribution is -2.37. The van der Waals surface area contributed by atoms with E-state index in [-0.39, 0.29) is 17.4 Å². The zero-order chi connectivity index (χ0) is 14.8. The van der Waals surface area contributed by atoms with Gasteiger partial charge in [0.25, 0.3) is 5.91 Å². The third kappa shape index (κ3) is 3.58. The molecular weight excluding hydrogens is 294 g/mol. The van der Waals surface area contributed by atoms with Gasteiger partial charge in [-0.3, -0.25) is 4.79 Å². The van der Waals surface area contributed by atoms with E-state index in [1.807, 2.05) is 30.3 Å². The molecule has 4 nitrogen and oxygen atoms in total. The Morgan fingerprint density at radius 1 is 1.35 bits per heavy atom. The van der Waals surface area contributed by atoms with Gasteiger partial charge in [0.1, 0.15) is 0 Å². The molecule has 6 heteroatoms. The molecule has 2 rings (SSSR count). The molecule has 1 N–H and O–H groups in total. The summed E-state index contributed by atoms with van der Waals surface area (Å²) in [6.07, 6.45) is 0. The standard InChI is InChI=1S/C14H17NO3S2/c1-3-20(17,18)9-10(2)15-14(16)13-8-11-6-4-5-7-12(11)19-13/h4-8,10H,3,9H2,1-2H3,(H,15,16). The van der Waals surface area contributed by atoms with E-state index in [4.69, 9.17) is 0 Å². The van der Waals surface area contributed by atoms with Gasteiger partial charge in [0.2, 0.25) is 0 Å². The van der Waals surface area contributed by atoms with Crippen molar-refractivity contribution in [2.45, 2.75) is 19.9 Å². The summed E-state index contributed by atoms with van der Waals surface area (Å²) in [6.45, 7) is 3.31. The Hall–Kier alpha value is -1.40. The van der Waals surface area contributed by atoms with Crippen molar-refractivity contribution < 1.29 is 13.2 Å². The van der Waals surface area contributed by atoms with Gasteiger partial charge in [-0.25, -0.2) is 8.42 Å². The number of fused-ring (bicyclic) bond motifs is 1. The largest absolute Gasteiger partial charge is 0.348 e. The Balaban J connectivity index is 2.08. The summed E-state index contributed by atoms with van der Waals surface area (Å²) >= 11 is 1.41. The lowest BCUT2D eigenvalue weighted by atomic mass is 10.2. The van der Waals surface area contributed by atoms with Crippen LogP contribution in [-0.4, -0.2) is 31.9 Å². The van der Waals surface area contributed by atoms with E-state index < -0.39 is 15.9 Å². The van der Waals surface area contributed by atoms with E-state index in [0.717, 1.165) is 10.1 Å². The van der Waals surface area contributed by atoms with E-state index >= 15 is 0 Å². The fraction of sp³-hybridized carbons (Fsp3) is 0.357. The Labute approximate surface area is 122 Å². The lowest BCUT2D eigenvalue weighted by Gasteiger charge is -2.12. The number of thiophene rings is 1. The highest BCUT2D eigenvalue weighted by Crippen LogP contribution is 2.25. The fourth-order valence-electron chi connectivity index (χ4n) is 1.93. The molecule has 0 bridgehead atoms. The first kappa shape index (κ1) is 15.0. The third-order valence-corrected chi connectivity index (χ3v) is 5.97. The Morgan fingerprint density at radius 3 is 2.70 bits per heavy atom. The number of sulfone groups is 1. The first-order valence-corrected chi connectivity index (χ1v) is 9.05. The van der Waals surface area contributed by atoms with E-state index in [1.165, 1.54) is 11.3 Å². The molecule has 0 aliphatic rings. The van der Waals surface area contributed by atoms with E-state index in [9.17, 15) is 13.2 Å². The van der Waals surface area contributed by atoms with Crippen LogP contribution in [0.15, 0.2) is 30.3 Å². The number of hydrogen-bond donors (Lipinski definition) is 1. The zero-order valence-electron chi connectivity index (χ0n) is 11.4. The van der Waals surface area contributed by atoms with Crippen molar-refractivity contribution >= 4 is 37.2 Å². The molecule has 1 aromatic heterocycles. The highest BCUT2D eigenvalue weighted by molar-refractivity contribution is 7.91. The van der Waals surface area contributed by atoms with Gasteiger partial charge < -0.3 is 5.32 Å².